The van der Waals surface area contributed by atoms with Gasteiger partial charge >= 0.3 is 0 Å². The van der Waals surface area contributed by atoms with Gasteiger partial charge < -0.3 is 4.42 Å². The fourth-order valence-electron chi connectivity index (χ4n) is 9.64. The van der Waals surface area contributed by atoms with Crippen molar-refractivity contribution in [3.8, 4) is 44.7 Å². The molecule has 0 amide bonds. The maximum atomic E-state index is 6.87. The summed E-state index contributed by atoms with van der Waals surface area (Å²) in [4.78, 5) is 0. The highest BCUT2D eigenvalue weighted by Gasteiger charge is 2.23. The van der Waals surface area contributed by atoms with Crippen LogP contribution in [0.15, 0.2) is 211 Å². The van der Waals surface area contributed by atoms with Crippen molar-refractivity contribution in [2.24, 2.45) is 0 Å². The molecular formula is C56H34O. The van der Waals surface area contributed by atoms with Crippen LogP contribution < -0.4 is 0 Å². The molecule has 264 valence electrons. The van der Waals surface area contributed by atoms with Crippen molar-refractivity contribution >= 4 is 75.6 Å². The Morgan fingerprint density at radius 2 is 0.684 bits per heavy atom. The molecule has 0 N–H and O–H groups in total. The summed E-state index contributed by atoms with van der Waals surface area (Å²) in [6, 6.07) is 75.1. The molecule has 0 saturated carbocycles. The van der Waals surface area contributed by atoms with E-state index in [0.717, 1.165) is 39.0 Å². The number of hydrogen-bond donors (Lipinski definition) is 0. The van der Waals surface area contributed by atoms with E-state index in [4.69, 9.17) is 4.42 Å². The van der Waals surface area contributed by atoms with Gasteiger partial charge in [-0.15, -0.1) is 0 Å². The van der Waals surface area contributed by atoms with E-state index < -0.39 is 0 Å². The molecule has 0 spiro atoms. The summed E-state index contributed by atoms with van der Waals surface area (Å²) in [6.07, 6.45) is 0. The second-order valence-corrected chi connectivity index (χ2v) is 15.1. The zero-order valence-corrected chi connectivity index (χ0v) is 31.0. The lowest BCUT2D eigenvalue weighted by Crippen LogP contribution is -1.93. The molecule has 0 fully saturated rings. The lowest BCUT2D eigenvalue weighted by atomic mass is 9.82. The van der Waals surface area contributed by atoms with Gasteiger partial charge in [-0.1, -0.05) is 188 Å². The molecule has 11 aromatic carbocycles. The standard InChI is InChI=1S/C56H34O/c1-3-17-35(18-4-1)53-48-32-31-37(33-51(48)57-56(53)36-19-5-2-6-20-36)52-44-27-13-15-29-46(44)55(47-30-16-14-28-45(47)52)50-34-49-40-23-8-7-21-38(40)39-22-9-11-25-42(39)54(49)43-26-12-10-24-41(43)50/h1-34H. The van der Waals surface area contributed by atoms with Gasteiger partial charge in [-0.25, -0.2) is 0 Å². The van der Waals surface area contributed by atoms with Crippen molar-refractivity contribution in [2.75, 3.05) is 0 Å². The maximum Gasteiger partial charge on any atom is 0.143 e. The Labute approximate surface area is 329 Å². The number of fused-ring (bicyclic) bond motifs is 11. The monoisotopic (exact) mass is 722 g/mol. The van der Waals surface area contributed by atoms with E-state index in [9.17, 15) is 0 Å². The minimum atomic E-state index is 0.877. The molecule has 0 radical (unpaired) electrons. The molecule has 1 heterocycles. The molecule has 1 heteroatoms. The molecule has 0 unspecified atom stereocenters. The molecule has 0 aliphatic carbocycles. The van der Waals surface area contributed by atoms with Crippen LogP contribution in [0.25, 0.3) is 120 Å². The summed E-state index contributed by atoms with van der Waals surface area (Å²) in [5.74, 6) is 0.891. The molecule has 0 saturated heterocycles. The second kappa shape index (κ2) is 12.5. The topological polar surface area (TPSA) is 13.1 Å². The second-order valence-electron chi connectivity index (χ2n) is 15.1. The molecular weight excluding hydrogens is 689 g/mol. The molecule has 1 aromatic heterocycles. The third kappa shape index (κ3) is 4.76. The van der Waals surface area contributed by atoms with E-state index in [-0.39, 0.29) is 0 Å². The summed E-state index contributed by atoms with van der Waals surface area (Å²) >= 11 is 0. The van der Waals surface area contributed by atoms with E-state index in [1.54, 1.807) is 0 Å². The molecule has 0 atom stereocenters. The van der Waals surface area contributed by atoms with Crippen LogP contribution in [-0.4, -0.2) is 0 Å². The molecule has 0 aliphatic rings. The zero-order valence-electron chi connectivity index (χ0n) is 31.0. The number of rotatable bonds is 4. The minimum absolute atomic E-state index is 0.877. The molecule has 12 aromatic rings. The normalized spacial score (nSPS) is 11.9. The van der Waals surface area contributed by atoms with Crippen molar-refractivity contribution in [1.82, 2.24) is 0 Å². The van der Waals surface area contributed by atoms with Gasteiger partial charge in [0, 0.05) is 16.5 Å². The molecule has 57 heavy (non-hydrogen) atoms. The van der Waals surface area contributed by atoms with Gasteiger partial charge in [0.15, 0.2) is 0 Å². The average molecular weight is 723 g/mol. The minimum Gasteiger partial charge on any atom is -0.455 e. The molecule has 0 bridgehead atoms. The van der Waals surface area contributed by atoms with Crippen molar-refractivity contribution < 1.29 is 4.42 Å². The lowest BCUT2D eigenvalue weighted by Gasteiger charge is -2.20. The Morgan fingerprint density at radius 1 is 0.246 bits per heavy atom. The van der Waals surface area contributed by atoms with Gasteiger partial charge in [0.25, 0.3) is 0 Å². The van der Waals surface area contributed by atoms with Crippen LogP contribution in [0.4, 0.5) is 0 Å². The zero-order chi connectivity index (χ0) is 37.5. The summed E-state index contributed by atoms with van der Waals surface area (Å²) in [7, 11) is 0. The van der Waals surface area contributed by atoms with Gasteiger partial charge in [-0.2, -0.15) is 0 Å². The van der Waals surface area contributed by atoms with Crippen LogP contribution in [0.5, 0.6) is 0 Å². The van der Waals surface area contributed by atoms with Gasteiger partial charge in [0.1, 0.15) is 11.3 Å². The van der Waals surface area contributed by atoms with E-state index in [2.05, 4.69) is 206 Å². The Bertz CT molecular complexity index is 3500. The first-order valence-electron chi connectivity index (χ1n) is 19.7. The quantitative estimate of drug-likeness (QED) is 0.130. The first kappa shape index (κ1) is 31.8. The third-order valence-electron chi connectivity index (χ3n) is 12.0. The highest BCUT2D eigenvalue weighted by atomic mass is 16.3. The fourth-order valence-corrected chi connectivity index (χ4v) is 9.64. The van der Waals surface area contributed by atoms with E-state index in [1.807, 2.05) is 0 Å². The predicted molar refractivity (Wildman–Crippen MR) is 243 cm³/mol. The summed E-state index contributed by atoms with van der Waals surface area (Å²) in [6.45, 7) is 0. The molecule has 0 aliphatic heterocycles. The van der Waals surface area contributed by atoms with Gasteiger partial charge in [0.05, 0.1) is 0 Å². The van der Waals surface area contributed by atoms with Crippen LogP contribution in [0.2, 0.25) is 0 Å². The summed E-state index contributed by atoms with van der Waals surface area (Å²) in [5.41, 5.74) is 9.07. The van der Waals surface area contributed by atoms with Crippen LogP contribution in [-0.2, 0) is 0 Å². The molecule has 12 rings (SSSR count). The third-order valence-corrected chi connectivity index (χ3v) is 12.0. The van der Waals surface area contributed by atoms with Gasteiger partial charge in [-0.3, -0.25) is 0 Å². The Balaban J connectivity index is 1.17. The van der Waals surface area contributed by atoms with Crippen LogP contribution in [0.1, 0.15) is 0 Å². The number of benzene rings is 11. The highest BCUT2D eigenvalue weighted by Crippen LogP contribution is 2.49. The van der Waals surface area contributed by atoms with E-state index in [0.29, 0.717) is 0 Å². The largest absolute Gasteiger partial charge is 0.455 e. The van der Waals surface area contributed by atoms with E-state index >= 15 is 0 Å². The van der Waals surface area contributed by atoms with Crippen molar-refractivity contribution in [3.05, 3.63) is 206 Å². The maximum absolute atomic E-state index is 6.87. The first-order chi connectivity index (χ1) is 28.3. The molecule has 1 nitrogen and oxygen atoms in total. The first-order valence-corrected chi connectivity index (χ1v) is 19.7. The van der Waals surface area contributed by atoms with Crippen LogP contribution in [0, 0.1) is 0 Å². The predicted octanol–water partition coefficient (Wildman–Crippen LogP) is 16.0. The van der Waals surface area contributed by atoms with Gasteiger partial charge in [-0.05, 0) is 111 Å². The van der Waals surface area contributed by atoms with Crippen LogP contribution in [0.3, 0.4) is 0 Å². The SMILES string of the molecule is c1ccc(-c2oc3cc(-c4c5ccccc5c(-c5cc6c7ccccc7c7ccccc7c6c6ccccc56)c5ccccc45)ccc3c2-c2ccccc2)cc1. The van der Waals surface area contributed by atoms with Crippen molar-refractivity contribution in [2.45, 2.75) is 0 Å². The average Bonchev–Trinajstić information content (AvgIpc) is 3.67. The Morgan fingerprint density at radius 3 is 1.28 bits per heavy atom. The Kier molecular flexibility index (Phi) is 7.00. The Hall–Kier alpha value is -7.48. The van der Waals surface area contributed by atoms with Gasteiger partial charge in [0.2, 0.25) is 0 Å². The van der Waals surface area contributed by atoms with Crippen LogP contribution >= 0.6 is 0 Å². The lowest BCUT2D eigenvalue weighted by molar-refractivity contribution is 0.632. The van der Waals surface area contributed by atoms with Crippen molar-refractivity contribution in [3.63, 3.8) is 0 Å². The van der Waals surface area contributed by atoms with Crippen molar-refractivity contribution in [1.29, 1.82) is 0 Å². The summed E-state index contributed by atoms with van der Waals surface area (Å²) < 4.78 is 6.87. The number of hydrogen-bond acceptors (Lipinski definition) is 1. The van der Waals surface area contributed by atoms with E-state index in [1.165, 1.54) is 81.3 Å². The fraction of sp³-hybridized carbons (Fsp3) is 0. The smallest absolute Gasteiger partial charge is 0.143 e. The highest BCUT2D eigenvalue weighted by molar-refractivity contribution is 6.34. The number of furan rings is 1. The summed E-state index contributed by atoms with van der Waals surface area (Å²) in [5, 5.41) is 16.3.